The summed E-state index contributed by atoms with van der Waals surface area (Å²) in [5, 5.41) is 10.9. The van der Waals surface area contributed by atoms with Crippen LogP contribution in [0, 0.1) is 6.92 Å². The normalized spacial score (nSPS) is 13.8. The second-order valence-electron chi connectivity index (χ2n) is 5.66. The van der Waals surface area contributed by atoms with E-state index in [1.54, 1.807) is 12.1 Å². The summed E-state index contributed by atoms with van der Waals surface area (Å²) >= 11 is 6.04. The summed E-state index contributed by atoms with van der Waals surface area (Å²) in [6, 6.07) is 13.3. The van der Waals surface area contributed by atoms with Gasteiger partial charge in [-0.15, -0.1) is 0 Å². The molecule has 1 aliphatic heterocycles. The van der Waals surface area contributed by atoms with Gasteiger partial charge in [-0.1, -0.05) is 29.8 Å². The standard InChI is InChI=1S/C16H16ClNO2.C2HF3O2/c1-11-4-2-3-5-14(11)20-15-7-6-12(17)8-16(15)19-13-9-18-10-13;3-2(4,5)1(6)7/h2-8,13,18H,9-10H2,1H3;(H,6,7). The van der Waals surface area contributed by atoms with Gasteiger partial charge in [-0.3, -0.25) is 0 Å². The van der Waals surface area contributed by atoms with Crippen LogP contribution in [0.25, 0.3) is 0 Å². The molecule has 0 saturated carbocycles. The monoisotopic (exact) mass is 403 g/mol. The number of halogens is 4. The average molecular weight is 404 g/mol. The number of hydrogen-bond acceptors (Lipinski definition) is 4. The minimum atomic E-state index is -5.08. The Morgan fingerprint density at radius 2 is 1.78 bits per heavy atom. The molecule has 0 radical (unpaired) electrons. The molecule has 9 heteroatoms. The maximum atomic E-state index is 10.6. The number of alkyl halides is 3. The van der Waals surface area contributed by atoms with Crippen molar-refractivity contribution in [3.8, 4) is 17.2 Å². The van der Waals surface area contributed by atoms with Gasteiger partial charge in [-0.05, 0) is 30.7 Å². The number of carbonyl (C=O) groups is 1. The quantitative estimate of drug-likeness (QED) is 0.790. The highest BCUT2D eigenvalue weighted by molar-refractivity contribution is 6.30. The Labute approximate surface area is 158 Å². The van der Waals surface area contributed by atoms with Gasteiger partial charge < -0.3 is 19.9 Å². The number of aryl methyl sites for hydroxylation is 1. The van der Waals surface area contributed by atoms with Crippen molar-refractivity contribution < 1.29 is 32.5 Å². The number of para-hydroxylation sites is 1. The summed E-state index contributed by atoms with van der Waals surface area (Å²) in [6.07, 6.45) is -4.90. The molecule has 0 aliphatic carbocycles. The lowest BCUT2D eigenvalue weighted by Gasteiger charge is -2.28. The molecule has 3 rings (SSSR count). The van der Waals surface area contributed by atoms with Crippen LogP contribution < -0.4 is 14.8 Å². The molecule has 2 aromatic rings. The highest BCUT2D eigenvalue weighted by Gasteiger charge is 2.38. The minimum Gasteiger partial charge on any atom is -0.484 e. The van der Waals surface area contributed by atoms with Crippen LogP contribution in [-0.2, 0) is 4.79 Å². The van der Waals surface area contributed by atoms with E-state index in [1.807, 2.05) is 37.3 Å². The third-order valence-electron chi connectivity index (χ3n) is 3.50. The third kappa shape index (κ3) is 6.33. The van der Waals surface area contributed by atoms with Crippen molar-refractivity contribution in [1.82, 2.24) is 5.32 Å². The van der Waals surface area contributed by atoms with Gasteiger partial charge in [0.15, 0.2) is 11.5 Å². The number of carboxylic acids is 1. The average Bonchev–Trinajstić information content (AvgIpc) is 2.55. The lowest BCUT2D eigenvalue weighted by molar-refractivity contribution is -0.192. The lowest BCUT2D eigenvalue weighted by Crippen LogP contribution is -2.50. The SMILES string of the molecule is Cc1ccccc1Oc1ccc(Cl)cc1OC1CNC1.O=C(O)C(F)(F)F. The van der Waals surface area contributed by atoms with Gasteiger partial charge in [0.2, 0.25) is 0 Å². The molecule has 1 saturated heterocycles. The van der Waals surface area contributed by atoms with E-state index in [2.05, 4.69) is 5.32 Å². The van der Waals surface area contributed by atoms with Gasteiger partial charge in [0, 0.05) is 24.2 Å². The van der Waals surface area contributed by atoms with Crippen molar-refractivity contribution in [2.75, 3.05) is 13.1 Å². The molecule has 1 heterocycles. The van der Waals surface area contributed by atoms with E-state index >= 15 is 0 Å². The number of rotatable bonds is 4. The number of ether oxygens (including phenoxy) is 2. The Kier molecular flexibility index (Phi) is 6.92. The van der Waals surface area contributed by atoms with Crippen molar-refractivity contribution in [3.05, 3.63) is 53.1 Å². The molecule has 0 bridgehead atoms. The predicted molar refractivity (Wildman–Crippen MR) is 93.7 cm³/mol. The van der Waals surface area contributed by atoms with Crippen LogP contribution in [0.3, 0.4) is 0 Å². The van der Waals surface area contributed by atoms with Crippen molar-refractivity contribution in [1.29, 1.82) is 0 Å². The molecule has 0 atom stereocenters. The molecule has 1 fully saturated rings. The maximum Gasteiger partial charge on any atom is 0.490 e. The Bertz CT molecular complexity index is 794. The Morgan fingerprint density at radius 3 is 2.30 bits per heavy atom. The van der Waals surface area contributed by atoms with Crippen molar-refractivity contribution >= 4 is 17.6 Å². The highest BCUT2D eigenvalue weighted by Crippen LogP contribution is 2.35. The smallest absolute Gasteiger partial charge is 0.484 e. The molecule has 146 valence electrons. The van der Waals surface area contributed by atoms with E-state index in [0.717, 1.165) is 24.4 Å². The fourth-order valence-corrected chi connectivity index (χ4v) is 2.13. The van der Waals surface area contributed by atoms with Crippen molar-refractivity contribution in [2.24, 2.45) is 0 Å². The number of aliphatic carboxylic acids is 1. The molecule has 2 aromatic carbocycles. The first-order valence-electron chi connectivity index (χ1n) is 7.87. The topological polar surface area (TPSA) is 67.8 Å². The summed E-state index contributed by atoms with van der Waals surface area (Å²) < 4.78 is 43.6. The molecule has 0 spiro atoms. The molecule has 1 aliphatic rings. The molecule has 2 N–H and O–H groups in total. The molecule has 0 amide bonds. The van der Waals surface area contributed by atoms with Gasteiger partial charge in [-0.2, -0.15) is 13.2 Å². The van der Waals surface area contributed by atoms with Crippen LogP contribution in [0.2, 0.25) is 5.02 Å². The molecule has 0 aromatic heterocycles. The summed E-state index contributed by atoms with van der Waals surface area (Å²) in [7, 11) is 0. The zero-order valence-corrected chi connectivity index (χ0v) is 15.0. The van der Waals surface area contributed by atoms with Gasteiger partial charge in [0.25, 0.3) is 0 Å². The highest BCUT2D eigenvalue weighted by atomic mass is 35.5. The van der Waals surface area contributed by atoms with E-state index in [-0.39, 0.29) is 6.10 Å². The van der Waals surface area contributed by atoms with Gasteiger partial charge >= 0.3 is 12.1 Å². The zero-order valence-electron chi connectivity index (χ0n) is 14.2. The van der Waals surface area contributed by atoms with E-state index < -0.39 is 12.1 Å². The van der Waals surface area contributed by atoms with E-state index in [1.165, 1.54) is 0 Å². The van der Waals surface area contributed by atoms with Gasteiger partial charge in [0.05, 0.1) is 0 Å². The largest absolute Gasteiger partial charge is 0.490 e. The molecular weight excluding hydrogens is 387 g/mol. The van der Waals surface area contributed by atoms with Crippen LogP contribution >= 0.6 is 11.6 Å². The number of benzene rings is 2. The Hall–Kier alpha value is -2.45. The fourth-order valence-electron chi connectivity index (χ4n) is 1.97. The van der Waals surface area contributed by atoms with Crippen LogP contribution in [0.1, 0.15) is 5.56 Å². The van der Waals surface area contributed by atoms with Crippen molar-refractivity contribution in [3.63, 3.8) is 0 Å². The summed E-state index contributed by atoms with van der Waals surface area (Å²) in [6.45, 7) is 3.73. The number of carboxylic acid groups (broad SMARTS) is 1. The first-order valence-corrected chi connectivity index (χ1v) is 8.25. The Balaban J connectivity index is 0.000000321. The van der Waals surface area contributed by atoms with Crippen LogP contribution in [0.5, 0.6) is 17.2 Å². The Morgan fingerprint density at radius 1 is 1.15 bits per heavy atom. The van der Waals surface area contributed by atoms with Crippen molar-refractivity contribution in [2.45, 2.75) is 19.2 Å². The molecule has 5 nitrogen and oxygen atoms in total. The van der Waals surface area contributed by atoms with Crippen LogP contribution in [0.4, 0.5) is 13.2 Å². The second kappa shape index (κ2) is 8.96. The second-order valence-corrected chi connectivity index (χ2v) is 6.10. The summed E-state index contributed by atoms with van der Waals surface area (Å²) in [5.74, 6) is -0.554. The maximum absolute atomic E-state index is 10.6. The molecule has 27 heavy (non-hydrogen) atoms. The molecular formula is C18H17ClF3NO4. The first kappa shape index (κ1) is 20.9. The first-order chi connectivity index (χ1) is 12.7. The zero-order chi connectivity index (χ0) is 20.0. The lowest BCUT2D eigenvalue weighted by atomic mass is 10.2. The number of nitrogens with one attached hydrogen (secondary N) is 1. The summed E-state index contributed by atoms with van der Waals surface area (Å²) in [4.78, 5) is 8.90. The van der Waals surface area contributed by atoms with Crippen LogP contribution in [0.15, 0.2) is 42.5 Å². The molecule has 0 unspecified atom stereocenters. The third-order valence-corrected chi connectivity index (χ3v) is 3.73. The predicted octanol–water partition coefficient (Wildman–Crippen LogP) is 4.42. The van der Waals surface area contributed by atoms with Gasteiger partial charge in [-0.25, -0.2) is 4.79 Å². The van der Waals surface area contributed by atoms with E-state index in [9.17, 15) is 13.2 Å². The van der Waals surface area contributed by atoms with E-state index in [4.69, 9.17) is 31.0 Å². The summed E-state index contributed by atoms with van der Waals surface area (Å²) in [5.41, 5.74) is 1.08. The van der Waals surface area contributed by atoms with E-state index in [0.29, 0.717) is 16.5 Å². The minimum absolute atomic E-state index is 0.188. The van der Waals surface area contributed by atoms with Gasteiger partial charge in [0.1, 0.15) is 11.9 Å². The fraction of sp³-hybridized carbons (Fsp3) is 0.278. The van der Waals surface area contributed by atoms with Crippen LogP contribution in [-0.4, -0.2) is 36.4 Å². The number of hydrogen-bond donors (Lipinski definition) is 2.